The van der Waals surface area contributed by atoms with Crippen LogP contribution in [0.4, 0.5) is 0 Å². The number of fused-ring (bicyclic) bond motifs is 2. The maximum atomic E-state index is 3.87. The molecule has 34 heavy (non-hydrogen) atoms. The van der Waals surface area contributed by atoms with Crippen LogP contribution in [0.2, 0.25) is 0 Å². The fourth-order valence-electron chi connectivity index (χ4n) is 5.58. The van der Waals surface area contributed by atoms with Crippen LogP contribution in [0.5, 0.6) is 0 Å². The van der Waals surface area contributed by atoms with Crippen molar-refractivity contribution in [1.29, 1.82) is 0 Å². The number of hydrogen-bond acceptors (Lipinski definition) is 2. The van der Waals surface area contributed by atoms with Crippen LogP contribution in [0.3, 0.4) is 0 Å². The van der Waals surface area contributed by atoms with E-state index < -0.39 is 0 Å². The van der Waals surface area contributed by atoms with Crippen molar-refractivity contribution in [1.82, 2.24) is 0 Å². The molecule has 4 heteroatoms. The van der Waals surface area contributed by atoms with Crippen molar-refractivity contribution in [3.63, 3.8) is 0 Å². The van der Waals surface area contributed by atoms with E-state index in [4.69, 9.17) is 0 Å². The Balaban J connectivity index is 1.31. The Morgan fingerprint density at radius 2 is 1.12 bits per heavy atom. The zero-order chi connectivity index (χ0) is 23.4. The number of rotatable bonds is 5. The summed E-state index contributed by atoms with van der Waals surface area (Å²) in [5, 5.41) is 4.32. The molecule has 2 heterocycles. The van der Waals surface area contributed by atoms with Gasteiger partial charge in [0, 0.05) is 30.5 Å². The summed E-state index contributed by atoms with van der Waals surface area (Å²) in [5.41, 5.74) is 11.3. The molecule has 4 aromatic rings. The zero-order valence-corrected chi connectivity index (χ0v) is 23.9. The first-order valence-electron chi connectivity index (χ1n) is 11.6. The molecule has 0 radical (unpaired) electrons. The van der Waals surface area contributed by atoms with Crippen molar-refractivity contribution in [3.05, 3.63) is 102 Å². The molecule has 0 amide bonds. The lowest BCUT2D eigenvalue weighted by molar-refractivity contribution is 0.611. The smallest absolute Gasteiger partial charge is 0.0343 e. The Hall–Kier alpha value is -1.72. The maximum Gasteiger partial charge on any atom is 0.0343 e. The fourth-order valence-corrected chi connectivity index (χ4v) is 8.19. The van der Waals surface area contributed by atoms with Crippen LogP contribution in [0, 0.1) is 0 Å². The molecule has 0 fully saturated rings. The molecule has 170 valence electrons. The third kappa shape index (κ3) is 3.93. The third-order valence-electron chi connectivity index (χ3n) is 7.27. The molecule has 0 nitrogen and oxygen atoms in total. The average molecular weight is 608 g/mol. The van der Waals surface area contributed by atoms with Gasteiger partial charge in [-0.1, -0.05) is 67.3 Å². The minimum atomic E-state index is 0.479. The third-order valence-corrected chi connectivity index (χ3v) is 10.4. The Kier molecular flexibility index (Phi) is 6.05. The molecule has 2 aromatic carbocycles. The maximum absolute atomic E-state index is 3.87. The van der Waals surface area contributed by atoms with E-state index in [-0.39, 0.29) is 0 Å². The Bertz CT molecular complexity index is 1330. The van der Waals surface area contributed by atoms with E-state index in [9.17, 15) is 0 Å². The van der Waals surface area contributed by atoms with Gasteiger partial charge in [-0.25, -0.2) is 0 Å². The largest absolute Gasteiger partial charge is 0.144 e. The minimum absolute atomic E-state index is 0.479. The quantitative estimate of drug-likeness (QED) is 0.212. The molecular formula is C30H24Br2S2. The Labute approximate surface area is 226 Å². The molecule has 2 aliphatic carbocycles. The second-order valence-electron chi connectivity index (χ2n) is 9.34. The van der Waals surface area contributed by atoms with Crippen molar-refractivity contribution >= 4 is 66.7 Å². The molecule has 0 spiro atoms. The predicted molar refractivity (Wildman–Crippen MR) is 157 cm³/mol. The van der Waals surface area contributed by atoms with Crippen LogP contribution < -0.4 is 0 Å². The molecule has 2 unspecified atom stereocenters. The van der Waals surface area contributed by atoms with Crippen molar-refractivity contribution < 1.29 is 0 Å². The van der Waals surface area contributed by atoms with Gasteiger partial charge in [0.2, 0.25) is 0 Å². The second kappa shape index (κ2) is 9.05. The van der Waals surface area contributed by atoms with E-state index in [0.29, 0.717) is 11.8 Å². The molecular weight excluding hydrogens is 584 g/mol. The van der Waals surface area contributed by atoms with Gasteiger partial charge in [-0.2, -0.15) is 0 Å². The first kappa shape index (κ1) is 22.7. The highest BCUT2D eigenvalue weighted by Crippen LogP contribution is 2.49. The summed E-state index contributed by atoms with van der Waals surface area (Å²) in [6.07, 6.45) is 7.09. The lowest BCUT2D eigenvalue weighted by Crippen LogP contribution is -2.04. The van der Waals surface area contributed by atoms with Gasteiger partial charge < -0.3 is 0 Å². The number of hydrogen-bond donors (Lipinski definition) is 0. The zero-order valence-electron chi connectivity index (χ0n) is 19.1. The van der Waals surface area contributed by atoms with Gasteiger partial charge in [-0.15, -0.1) is 22.7 Å². The summed E-state index contributed by atoms with van der Waals surface area (Å²) >= 11 is 11.4. The molecule has 6 rings (SSSR count). The van der Waals surface area contributed by atoms with Crippen LogP contribution in [-0.2, 0) is 0 Å². The first-order valence-corrected chi connectivity index (χ1v) is 14.9. The van der Waals surface area contributed by atoms with E-state index in [0.717, 1.165) is 12.8 Å². The lowest BCUT2D eigenvalue weighted by atomic mass is 9.84. The number of halogens is 2. The van der Waals surface area contributed by atoms with Crippen LogP contribution >= 0.6 is 54.5 Å². The normalized spacial score (nSPS) is 18.6. The summed E-state index contributed by atoms with van der Waals surface area (Å²) in [5.74, 6) is 0.957. The number of thiophene rings is 2. The summed E-state index contributed by atoms with van der Waals surface area (Å²) < 4.78 is 2.42. The van der Waals surface area contributed by atoms with E-state index in [1.807, 2.05) is 22.7 Å². The second-order valence-corrected chi connectivity index (χ2v) is 12.9. The van der Waals surface area contributed by atoms with Crippen LogP contribution in [-0.4, -0.2) is 0 Å². The highest BCUT2D eigenvalue weighted by Gasteiger charge is 2.29. The first-order chi connectivity index (χ1) is 16.5. The van der Waals surface area contributed by atoms with E-state index in [2.05, 4.69) is 117 Å². The monoisotopic (exact) mass is 606 g/mol. The number of allylic oxidation sites excluding steroid dienone is 2. The molecule has 0 N–H and O–H groups in total. The Morgan fingerprint density at radius 1 is 0.676 bits per heavy atom. The average Bonchev–Trinajstić information content (AvgIpc) is 3.60. The summed E-state index contributed by atoms with van der Waals surface area (Å²) in [6.45, 7) is 4.61. The molecule has 0 aliphatic heterocycles. The SMILES string of the molecule is CC1=Cc2c(Br)cc(-c3cccs3)cc2C1CCC1C(C)=Cc2c(Br)cc(-c3cccs3)cc21. The van der Waals surface area contributed by atoms with Gasteiger partial charge in [-0.3, -0.25) is 0 Å². The van der Waals surface area contributed by atoms with Crippen molar-refractivity contribution in [3.8, 4) is 20.9 Å². The summed E-state index contributed by atoms with van der Waals surface area (Å²) in [7, 11) is 0. The fraction of sp³-hybridized carbons (Fsp3) is 0.200. The molecule has 2 aromatic heterocycles. The van der Waals surface area contributed by atoms with Crippen molar-refractivity contribution in [2.75, 3.05) is 0 Å². The number of benzene rings is 2. The molecule has 0 saturated heterocycles. The van der Waals surface area contributed by atoms with Crippen LogP contribution in [0.25, 0.3) is 33.0 Å². The van der Waals surface area contributed by atoms with E-state index >= 15 is 0 Å². The highest BCUT2D eigenvalue weighted by atomic mass is 79.9. The minimum Gasteiger partial charge on any atom is -0.144 e. The van der Waals surface area contributed by atoms with Crippen molar-refractivity contribution in [2.45, 2.75) is 38.5 Å². The van der Waals surface area contributed by atoms with Gasteiger partial charge in [0.1, 0.15) is 0 Å². The van der Waals surface area contributed by atoms with Gasteiger partial charge in [0.15, 0.2) is 0 Å². The van der Waals surface area contributed by atoms with Crippen molar-refractivity contribution in [2.24, 2.45) is 0 Å². The topological polar surface area (TPSA) is 0 Å². The van der Waals surface area contributed by atoms with Gasteiger partial charge in [0.25, 0.3) is 0 Å². The molecule has 0 saturated carbocycles. The molecule has 2 atom stereocenters. The highest BCUT2D eigenvalue weighted by molar-refractivity contribution is 9.10. The molecule has 0 bridgehead atoms. The molecule has 2 aliphatic rings. The van der Waals surface area contributed by atoms with E-state index in [1.54, 1.807) is 0 Å². The summed E-state index contributed by atoms with van der Waals surface area (Å²) in [4.78, 5) is 2.67. The predicted octanol–water partition coefficient (Wildman–Crippen LogP) is 11.1. The summed E-state index contributed by atoms with van der Waals surface area (Å²) in [6, 6.07) is 18.1. The van der Waals surface area contributed by atoms with Crippen LogP contribution in [0.1, 0.15) is 60.8 Å². The van der Waals surface area contributed by atoms with Gasteiger partial charge in [0.05, 0.1) is 0 Å². The van der Waals surface area contributed by atoms with Crippen LogP contribution in [0.15, 0.2) is 79.4 Å². The standard InChI is InChI=1S/C30H24Br2S2/c1-17-11-25-23(13-19(15-27(25)31)29-5-3-9-33-29)21(17)7-8-22-18(2)12-26-24(22)14-20(16-28(26)32)30-6-4-10-34-30/h3-6,9-16,21-22H,7-8H2,1-2H3. The Morgan fingerprint density at radius 3 is 1.50 bits per heavy atom. The van der Waals surface area contributed by atoms with Gasteiger partial charge >= 0.3 is 0 Å². The van der Waals surface area contributed by atoms with E-state index in [1.165, 1.54) is 63.2 Å². The van der Waals surface area contributed by atoms with Gasteiger partial charge in [-0.05, 0) is 107 Å². The lowest BCUT2D eigenvalue weighted by Gasteiger charge is -2.21.